The number of hydrogen-bond acceptors (Lipinski definition) is 2. The van der Waals surface area contributed by atoms with Gasteiger partial charge in [-0.05, 0) is 24.6 Å². The summed E-state index contributed by atoms with van der Waals surface area (Å²) in [5.74, 6) is -0.00681. The van der Waals surface area contributed by atoms with Gasteiger partial charge in [0, 0.05) is 30.2 Å². The fraction of sp³-hybridized carbons (Fsp3) is 0.357. The Morgan fingerprint density at radius 3 is 2.83 bits per heavy atom. The van der Waals surface area contributed by atoms with Crippen LogP contribution in [0.15, 0.2) is 35.3 Å². The lowest BCUT2D eigenvalue weighted by Gasteiger charge is -2.21. The third-order valence-electron chi connectivity index (χ3n) is 2.62. The summed E-state index contributed by atoms with van der Waals surface area (Å²) in [6, 6.07) is 5.62. The molecule has 0 aliphatic carbocycles. The van der Waals surface area contributed by atoms with Crippen LogP contribution in [0.4, 0.5) is 0 Å². The molecule has 0 saturated carbocycles. The number of nitrogens with zero attached hydrogens (tertiary/aromatic N) is 1. The van der Waals surface area contributed by atoms with Crippen LogP contribution < -0.4 is 0 Å². The van der Waals surface area contributed by atoms with Crippen LogP contribution in [0.3, 0.4) is 0 Å². The zero-order valence-electron chi connectivity index (χ0n) is 10.8. The van der Waals surface area contributed by atoms with E-state index in [-0.39, 0.29) is 5.91 Å². The highest BCUT2D eigenvalue weighted by Gasteiger charge is 2.14. The van der Waals surface area contributed by atoms with E-state index in [1.54, 1.807) is 18.1 Å². The van der Waals surface area contributed by atoms with Gasteiger partial charge in [-0.1, -0.05) is 28.1 Å². The molecule has 1 amide bonds. The Bertz CT molecular complexity index is 432. The first-order valence-corrected chi connectivity index (χ1v) is 6.54. The van der Waals surface area contributed by atoms with Gasteiger partial charge >= 0.3 is 0 Å². The highest BCUT2D eigenvalue weighted by molar-refractivity contribution is 9.10. The van der Waals surface area contributed by atoms with E-state index in [2.05, 4.69) is 22.5 Å². The average molecular weight is 312 g/mol. The second kappa shape index (κ2) is 7.34. The first kappa shape index (κ1) is 14.9. The number of benzene rings is 1. The largest absolute Gasteiger partial charge is 0.383 e. The molecule has 0 aliphatic heterocycles. The van der Waals surface area contributed by atoms with Crippen LogP contribution in [0.2, 0.25) is 0 Å². The maximum atomic E-state index is 12.3. The van der Waals surface area contributed by atoms with Gasteiger partial charge in [0.15, 0.2) is 0 Å². The predicted molar refractivity (Wildman–Crippen MR) is 76.9 cm³/mol. The van der Waals surface area contributed by atoms with Crippen molar-refractivity contribution in [3.8, 4) is 0 Å². The number of halogens is 1. The van der Waals surface area contributed by atoms with E-state index in [1.807, 2.05) is 25.1 Å². The van der Waals surface area contributed by atoms with Crippen LogP contribution in [0.1, 0.15) is 15.9 Å². The number of rotatable bonds is 6. The topological polar surface area (TPSA) is 29.5 Å². The second-order valence-corrected chi connectivity index (χ2v) is 4.85. The number of carbonyl (C=O) groups excluding carboxylic acids is 1. The van der Waals surface area contributed by atoms with Crippen molar-refractivity contribution in [2.75, 3.05) is 26.8 Å². The van der Waals surface area contributed by atoms with Crippen molar-refractivity contribution >= 4 is 21.8 Å². The lowest BCUT2D eigenvalue weighted by molar-refractivity contribution is 0.0718. The molecule has 0 aromatic heterocycles. The van der Waals surface area contributed by atoms with E-state index in [4.69, 9.17) is 4.74 Å². The monoisotopic (exact) mass is 311 g/mol. The van der Waals surface area contributed by atoms with Crippen molar-refractivity contribution in [3.63, 3.8) is 0 Å². The Labute approximate surface area is 117 Å². The maximum Gasteiger partial charge on any atom is 0.254 e. The van der Waals surface area contributed by atoms with Crippen molar-refractivity contribution in [3.05, 3.63) is 46.5 Å². The molecule has 0 N–H and O–H groups in total. The highest BCUT2D eigenvalue weighted by Crippen LogP contribution is 2.18. The van der Waals surface area contributed by atoms with Gasteiger partial charge in [0.2, 0.25) is 0 Å². The first-order valence-electron chi connectivity index (χ1n) is 5.75. The average Bonchev–Trinajstić information content (AvgIpc) is 2.37. The van der Waals surface area contributed by atoms with Gasteiger partial charge in [0.25, 0.3) is 5.91 Å². The van der Waals surface area contributed by atoms with Crippen LogP contribution in [-0.4, -0.2) is 37.6 Å². The Hall–Kier alpha value is -1.13. The Morgan fingerprint density at radius 1 is 1.56 bits per heavy atom. The number of amides is 1. The molecule has 1 rings (SSSR count). The fourth-order valence-corrected chi connectivity index (χ4v) is 1.92. The van der Waals surface area contributed by atoms with E-state index in [9.17, 15) is 4.79 Å². The van der Waals surface area contributed by atoms with Crippen molar-refractivity contribution in [1.29, 1.82) is 0 Å². The fourth-order valence-electron chi connectivity index (χ4n) is 1.54. The summed E-state index contributed by atoms with van der Waals surface area (Å²) in [7, 11) is 1.62. The van der Waals surface area contributed by atoms with E-state index >= 15 is 0 Å². The molecule has 0 bridgehead atoms. The molecule has 18 heavy (non-hydrogen) atoms. The van der Waals surface area contributed by atoms with Crippen molar-refractivity contribution in [2.45, 2.75) is 6.92 Å². The number of aryl methyl sites for hydroxylation is 1. The Kier molecular flexibility index (Phi) is 6.09. The van der Waals surface area contributed by atoms with Crippen molar-refractivity contribution in [2.24, 2.45) is 0 Å². The standard InChI is InChI=1S/C14H18BrNO2/c1-4-7-16(8-9-18-3)14(17)12-6-5-11(2)13(15)10-12/h4-6,10H,1,7-9H2,2-3H3. The third-order valence-corrected chi connectivity index (χ3v) is 3.48. The van der Waals surface area contributed by atoms with Gasteiger partial charge in [-0.2, -0.15) is 0 Å². The summed E-state index contributed by atoms with van der Waals surface area (Å²) >= 11 is 3.44. The Morgan fingerprint density at radius 2 is 2.28 bits per heavy atom. The van der Waals surface area contributed by atoms with E-state index in [1.165, 1.54) is 0 Å². The van der Waals surface area contributed by atoms with Crippen molar-refractivity contribution < 1.29 is 9.53 Å². The summed E-state index contributed by atoms with van der Waals surface area (Å²) in [4.78, 5) is 14.0. The summed E-state index contributed by atoms with van der Waals surface area (Å²) in [5.41, 5.74) is 1.78. The molecule has 0 radical (unpaired) electrons. The van der Waals surface area contributed by atoms with Gasteiger partial charge in [-0.15, -0.1) is 6.58 Å². The molecule has 0 fully saturated rings. The predicted octanol–water partition coefficient (Wildman–Crippen LogP) is 3.03. The molecule has 0 atom stereocenters. The number of methoxy groups -OCH3 is 1. The van der Waals surface area contributed by atoms with Gasteiger partial charge in [0.1, 0.15) is 0 Å². The smallest absolute Gasteiger partial charge is 0.254 e. The summed E-state index contributed by atoms with van der Waals surface area (Å²) in [6.45, 7) is 7.27. The summed E-state index contributed by atoms with van der Waals surface area (Å²) in [5, 5.41) is 0. The van der Waals surface area contributed by atoms with Gasteiger partial charge < -0.3 is 9.64 Å². The van der Waals surface area contributed by atoms with Gasteiger partial charge in [0.05, 0.1) is 6.61 Å². The third kappa shape index (κ3) is 3.96. The van der Waals surface area contributed by atoms with Crippen LogP contribution in [0, 0.1) is 6.92 Å². The molecule has 4 heteroatoms. The van der Waals surface area contributed by atoms with Crippen LogP contribution >= 0.6 is 15.9 Å². The minimum Gasteiger partial charge on any atom is -0.383 e. The van der Waals surface area contributed by atoms with Crippen LogP contribution in [0.5, 0.6) is 0 Å². The number of hydrogen-bond donors (Lipinski definition) is 0. The van der Waals surface area contributed by atoms with E-state index < -0.39 is 0 Å². The Balaban J connectivity index is 2.86. The maximum absolute atomic E-state index is 12.3. The second-order valence-electron chi connectivity index (χ2n) is 4.00. The van der Waals surface area contributed by atoms with Crippen LogP contribution in [0.25, 0.3) is 0 Å². The quantitative estimate of drug-likeness (QED) is 0.756. The molecule has 0 saturated heterocycles. The first-order chi connectivity index (χ1) is 8.60. The van der Waals surface area contributed by atoms with Crippen LogP contribution in [-0.2, 0) is 4.74 Å². The van der Waals surface area contributed by atoms with Crippen molar-refractivity contribution in [1.82, 2.24) is 4.90 Å². The summed E-state index contributed by atoms with van der Waals surface area (Å²) < 4.78 is 5.95. The molecule has 3 nitrogen and oxygen atoms in total. The molecule has 98 valence electrons. The number of carbonyl (C=O) groups is 1. The zero-order valence-corrected chi connectivity index (χ0v) is 12.4. The summed E-state index contributed by atoms with van der Waals surface area (Å²) in [6.07, 6.45) is 1.72. The molecular weight excluding hydrogens is 294 g/mol. The van der Waals surface area contributed by atoms with E-state index in [0.29, 0.717) is 25.3 Å². The molecular formula is C14H18BrNO2. The minimum atomic E-state index is -0.00681. The number of ether oxygens (including phenoxy) is 1. The minimum absolute atomic E-state index is 0.00681. The van der Waals surface area contributed by atoms with Gasteiger partial charge in [-0.3, -0.25) is 4.79 Å². The molecule has 0 spiro atoms. The normalized spacial score (nSPS) is 10.2. The molecule has 0 aliphatic rings. The lowest BCUT2D eigenvalue weighted by atomic mass is 10.1. The van der Waals surface area contributed by atoms with E-state index in [0.717, 1.165) is 10.0 Å². The van der Waals surface area contributed by atoms with Gasteiger partial charge in [-0.25, -0.2) is 0 Å². The molecule has 0 unspecified atom stereocenters. The lowest BCUT2D eigenvalue weighted by Crippen LogP contribution is -2.34. The molecule has 0 heterocycles. The SMILES string of the molecule is C=CCN(CCOC)C(=O)c1ccc(C)c(Br)c1. The zero-order chi connectivity index (χ0) is 13.5. The molecule has 1 aromatic carbocycles. The molecule has 1 aromatic rings. The highest BCUT2D eigenvalue weighted by atomic mass is 79.9.